The summed E-state index contributed by atoms with van der Waals surface area (Å²) < 4.78 is 1.97. The molecule has 106 valence electrons. The Hall–Kier alpha value is -1.65. The summed E-state index contributed by atoms with van der Waals surface area (Å²) in [6.45, 7) is 6.77. The van der Waals surface area contributed by atoms with E-state index in [2.05, 4.69) is 47.3 Å². The van der Waals surface area contributed by atoms with Crippen molar-refractivity contribution in [1.82, 2.24) is 14.7 Å². The maximum atomic E-state index is 9.55. The molecule has 1 aromatic carbocycles. The molecule has 1 atom stereocenters. The van der Waals surface area contributed by atoms with E-state index in [1.54, 1.807) is 0 Å². The van der Waals surface area contributed by atoms with E-state index in [1.165, 1.54) is 5.56 Å². The van der Waals surface area contributed by atoms with E-state index in [1.807, 2.05) is 11.6 Å². The second-order valence-corrected chi connectivity index (χ2v) is 5.68. The van der Waals surface area contributed by atoms with Gasteiger partial charge in [0.25, 0.3) is 0 Å². The van der Waals surface area contributed by atoms with Crippen LogP contribution in [-0.4, -0.2) is 39.0 Å². The number of likely N-dealkylation sites (tertiary alicyclic amines) is 1. The molecule has 0 radical (unpaired) electrons. The fourth-order valence-corrected chi connectivity index (χ4v) is 2.85. The Bertz CT molecular complexity index is 588. The van der Waals surface area contributed by atoms with Crippen LogP contribution in [-0.2, 0) is 6.54 Å². The zero-order chi connectivity index (χ0) is 14.1. The molecular formula is C16H21N3O. The minimum absolute atomic E-state index is 0.149. The standard InChI is InChI=1S/C16H21N3O/c1-12-9-13(2)19(17-12)15-5-3-14(4-6-15)10-18-8-7-16(20)11-18/h3-6,9,16,20H,7-8,10-11H2,1-2H3/t16-/m0/s1. The second-order valence-electron chi connectivity index (χ2n) is 5.68. The minimum atomic E-state index is -0.149. The molecule has 1 saturated heterocycles. The largest absolute Gasteiger partial charge is 0.392 e. The summed E-state index contributed by atoms with van der Waals surface area (Å²) in [6, 6.07) is 10.6. The third-order valence-corrected chi connectivity index (χ3v) is 3.84. The topological polar surface area (TPSA) is 41.3 Å². The molecule has 3 rings (SSSR count). The van der Waals surface area contributed by atoms with Crippen molar-refractivity contribution < 1.29 is 5.11 Å². The van der Waals surface area contributed by atoms with Gasteiger partial charge in [0.05, 0.1) is 17.5 Å². The van der Waals surface area contributed by atoms with Gasteiger partial charge in [0.1, 0.15) is 0 Å². The molecule has 4 heteroatoms. The Morgan fingerprint density at radius 3 is 2.55 bits per heavy atom. The van der Waals surface area contributed by atoms with Crippen molar-refractivity contribution in [2.24, 2.45) is 0 Å². The summed E-state index contributed by atoms with van der Waals surface area (Å²) >= 11 is 0. The number of aliphatic hydroxyl groups is 1. The van der Waals surface area contributed by atoms with Crippen molar-refractivity contribution >= 4 is 0 Å². The minimum Gasteiger partial charge on any atom is -0.392 e. The SMILES string of the molecule is Cc1cc(C)n(-c2ccc(CN3CC[C@H](O)C3)cc2)n1. The van der Waals surface area contributed by atoms with Gasteiger partial charge < -0.3 is 5.11 Å². The van der Waals surface area contributed by atoms with Crippen LogP contribution in [0.4, 0.5) is 0 Å². The molecule has 1 aliphatic rings. The van der Waals surface area contributed by atoms with E-state index >= 15 is 0 Å². The van der Waals surface area contributed by atoms with Gasteiger partial charge in [-0.1, -0.05) is 12.1 Å². The van der Waals surface area contributed by atoms with Gasteiger partial charge in [0, 0.05) is 25.3 Å². The molecular weight excluding hydrogens is 250 g/mol. The molecule has 20 heavy (non-hydrogen) atoms. The number of hydrogen-bond donors (Lipinski definition) is 1. The number of aryl methyl sites for hydroxylation is 2. The second kappa shape index (κ2) is 5.38. The predicted octanol–water partition coefficient (Wildman–Crippen LogP) is 2.06. The monoisotopic (exact) mass is 271 g/mol. The van der Waals surface area contributed by atoms with Crippen LogP contribution in [0.1, 0.15) is 23.4 Å². The first-order valence-electron chi connectivity index (χ1n) is 7.15. The Morgan fingerprint density at radius 1 is 1.25 bits per heavy atom. The number of aromatic nitrogens is 2. The van der Waals surface area contributed by atoms with E-state index in [0.29, 0.717) is 0 Å². The first-order chi connectivity index (χ1) is 9.61. The van der Waals surface area contributed by atoms with Gasteiger partial charge in [-0.15, -0.1) is 0 Å². The van der Waals surface area contributed by atoms with Crippen molar-refractivity contribution in [3.8, 4) is 5.69 Å². The fourth-order valence-electron chi connectivity index (χ4n) is 2.85. The average molecular weight is 271 g/mol. The van der Waals surface area contributed by atoms with Crippen LogP contribution < -0.4 is 0 Å². The molecule has 1 aliphatic heterocycles. The summed E-state index contributed by atoms with van der Waals surface area (Å²) in [5.41, 5.74) is 4.57. The molecule has 1 fully saturated rings. The molecule has 1 N–H and O–H groups in total. The Morgan fingerprint density at radius 2 is 2.00 bits per heavy atom. The molecule has 0 amide bonds. The lowest BCUT2D eigenvalue weighted by molar-refractivity contribution is 0.175. The van der Waals surface area contributed by atoms with Crippen LogP contribution in [0.2, 0.25) is 0 Å². The van der Waals surface area contributed by atoms with Crippen molar-refractivity contribution in [3.63, 3.8) is 0 Å². The van der Waals surface area contributed by atoms with Gasteiger partial charge in [-0.25, -0.2) is 4.68 Å². The van der Waals surface area contributed by atoms with Gasteiger partial charge in [-0.05, 0) is 44.0 Å². The maximum Gasteiger partial charge on any atom is 0.0679 e. The quantitative estimate of drug-likeness (QED) is 0.929. The van der Waals surface area contributed by atoms with Crippen LogP contribution in [0.25, 0.3) is 5.69 Å². The Kier molecular flexibility index (Phi) is 3.59. The highest BCUT2D eigenvalue weighted by atomic mass is 16.3. The summed E-state index contributed by atoms with van der Waals surface area (Å²) in [5.74, 6) is 0. The molecule has 0 aliphatic carbocycles. The van der Waals surface area contributed by atoms with Gasteiger partial charge >= 0.3 is 0 Å². The zero-order valence-electron chi connectivity index (χ0n) is 12.1. The molecule has 1 aromatic heterocycles. The predicted molar refractivity (Wildman–Crippen MR) is 78.9 cm³/mol. The maximum absolute atomic E-state index is 9.55. The van der Waals surface area contributed by atoms with Crippen LogP contribution >= 0.6 is 0 Å². The van der Waals surface area contributed by atoms with E-state index in [9.17, 15) is 5.11 Å². The smallest absolute Gasteiger partial charge is 0.0679 e. The molecule has 0 spiro atoms. The highest BCUT2D eigenvalue weighted by molar-refractivity contribution is 5.36. The van der Waals surface area contributed by atoms with E-state index in [-0.39, 0.29) is 6.10 Å². The van der Waals surface area contributed by atoms with Gasteiger partial charge in [-0.3, -0.25) is 4.90 Å². The van der Waals surface area contributed by atoms with Crippen LogP contribution in [0.3, 0.4) is 0 Å². The highest BCUT2D eigenvalue weighted by Crippen LogP contribution is 2.16. The van der Waals surface area contributed by atoms with E-state index < -0.39 is 0 Å². The summed E-state index contributed by atoms with van der Waals surface area (Å²) in [4.78, 5) is 2.29. The first kappa shape index (κ1) is 13.3. The number of nitrogens with zero attached hydrogens (tertiary/aromatic N) is 3. The Labute approximate surface area is 119 Å². The third-order valence-electron chi connectivity index (χ3n) is 3.84. The number of aliphatic hydroxyl groups excluding tert-OH is 1. The molecule has 4 nitrogen and oxygen atoms in total. The van der Waals surface area contributed by atoms with Crippen LogP contribution in [0, 0.1) is 13.8 Å². The summed E-state index contributed by atoms with van der Waals surface area (Å²) in [5, 5.41) is 14.0. The number of benzene rings is 1. The molecule has 0 unspecified atom stereocenters. The highest BCUT2D eigenvalue weighted by Gasteiger charge is 2.19. The van der Waals surface area contributed by atoms with E-state index in [0.717, 1.165) is 43.1 Å². The van der Waals surface area contributed by atoms with Crippen molar-refractivity contribution in [3.05, 3.63) is 47.3 Å². The lowest BCUT2D eigenvalue weighted by Crippen LogP contribution is -2.21. The lowest BCUT2D eigenvalue weighted by Gasteiger charge is -2.15. The molecule has 2 heterocycles. The Balaban J connectivity index is 1.73. The number of β-amino-alcohol motifs (C(OH)–C–C–N with tert-alkyl or cyclic N) is 1. The molecule has 0 saturated carbocycles. The van der Waals surface area contributed by atoms with Gasteiger partial charge in [-0.2, -0.15) is 5.10 Å². The van der Waals surface area contributed by atoms with Crippen molar-refractivity contribution in [1.29, 1.82) is 0 Å². The normalized spacial score (nSPS) is 19.6. The number of hydrogen-bond acceptors (Lipinski definition) is 3. The molecule has 0 bridgehead atoms. The summed E-state index contributed by atoms with van der Waals surface area (Å²) in [6.07, 6.45) is 0.744. The third kappa shape index (κ3) is 2.76. The first-order valence-corrected chi connectivity index (χ1v) is 7.15. The van der Waals surface area contributed by atoms with Crippen LogP contribution in [0.15, 0.2) is 30.3 Å². The van der Waals surface area contributed by atoms with Gasteiger partial charge in [0.2, 0.25) is 0 Å². The lowest BCUT2D eigenvalue weighted by atomic mass is 10.2. The van der Waals surface area contributed by atoms with E-state index in [4.69, 9.17) is 0 Å². The van der Waals surface area contributed by atoms with Crippen molar-refractivity contribution in [2.45, 2.75) is 32.9 Å². The summed E-state index contributed by atoms with van der Waals surface area (Å²) in [7, 11) is 0. The average Bonchev–Trinajstić information content (AvgIpc) is 2.96. The molecule has 2 aromatic rings. The number of rotatable bonds is 3. The van der Waals surface area contributed by atoms with Gasteiger partial charge in [0.15, 0.2) is 0 Å². The fraction of sp³-hybridized carbons (Fsp3) is 0.438. The zero-order valence-corrected chi connectivity index (χ0v) is 12.1. The van der Waals surface area contributed by atoms with Crippen LogP contribution in [0.5, 0.6) is 0 Å². The van der Waals surface area contributed by atoms with Crippen molar-refractivity contribution in [2.75, 3.05) is 13.1 Å².